The molecule has 0 bridgehead atoms. The van der Waals surface area contributed by atoms with Gasteiger partial charge in [0.1, 0.15) is 0 Å². The molecule has 3 spiro atoms. The van der Waals surface area contributed by atoms with Gasteiger partial charge in [0, 0.05) is 33.4 Å². The topological polar surface area (TPSA) is 51.2 Å². The number of hydrogen-bond donors (Lipinski definition) is 0. The van der Waals surface area contributed by atoms with Crippen molar-refractivity contribution < 1.29 is 14.4 Å². The molecule has 0 aliphatic heterocycles. The highest BCUT2D eigenvalue weighted by molar-refractivity contribution is 6.16. The van der Waals surface area contributed by atoms with Crippen LogP contribution in [0, 0.1) is 0 Å². The SMILES string of the molecule is O=C(c1ccccc1)c1ccc2c(c1)[C@]1(c3ccccc3-2)c2ccccc2-c2c1c1c(c3c2[C@@]2(c4ccccc4-c4ccc(C(=O)c5ccccc5)cc42)c2ccccc2-3)[C@@]2(c3ccccc3-c3ccc(C(=O)c4ccccc4)cc32)c2ccccc2-1. The Morgan fingerprint density at radius 3 is 0.655 bits per heavy atom. The van der Waals surface area contributed by atoms with Gasteiger partial charge in [0.25, 0.3) is 0 Å². The van der Waals surface area contributed by atoms with Crippen LogP contribution in [-0.2, 0) is 16.2 Å². The predicted molar refractivity (Wildman–Crippen MR) is 345 cm³/mol. The first-order chi connectivity index (χ1) is 42.9. The van der Waals surface area contributed by atoms with Crippen molar-refractivity contribution in [3.05, 3.63) is 391 Å². The first kappa shape index (κ1) is 48.3. The smallest absolute Gasteiger partial charge is 0.193 e. The summed E-state index contributed by atoms with van der Waals surface area (Å²) in [5.74, 6) is -0.100. The van der Waals surface area contributed by atoms with E-state index in [1.807, 2.05) is 109 Å². The fourth-order valence-corrected chi connectivity index (χ4v) is 17.4. The molecule has 19 rings (SSSR count). The molecule has 0 radical (unpaired) electrons. The van der Waals surface area contributed by atoms with Crippen LogP contribution in [0.15, 0.2) is 291 Å². The number of carbonyl (C=O) groups excluding carboxylic acids is 3. The minimum absolute atomic E-state index is 0.0334. The maximum atomic E-state index is 15.1. The zero-order chi connectivity index (χ0) is 57.5. The van der Waals surface area contributed by atoms with E-state index in [1.165, 1.54) is 16.7 Å². The van der Waals surface area contributed by atoms with E-state index in [-0.39, 0.29) is 17.3 Å². The summed E-state index contributed by atoms with van der Waals surface area (Å²) in [7, 11) is 0. The molecule has 0 fully saturated rings. The Labute approximate surface area is 503 Å². The molecule has 0 saturated heterocycles. The Morgan fingerprint density at radius 1 is 0.184 bits per heavy atom. The molecule has 13 aromatic rings. The largest absolute Gasteiger partial charge is 0.289 e. The zero-order valence-electron chi connectivity index (χ0n) is 46.9. The van der Waals surface area contributed by atoms with Crippen LogP contribution in [0.1, 0.15) is 115 Å². The number of hydrogen-bond acceptors (Lipinski definition) is 3. The lowest BCUT2D eigenvalue weighted by atomic mass is 9.63. The second-order valence-electron chi connectivity index (χ2n) is 24.1. The summed E-state index contributed by atoms with van der Waals surface area (Å²) in [6.07, 6.45) is 0. The third kappa shape index (κ3) is 5.80. The van der Waals surface area contributed by atoms with E-state index in [0.29, 0.717) is 33.4 Å². The number of ketones is 3. The molecule has 6 aliphatic carbocycles. The van der Waals surface area contributed by atoms with Gasteiger partial charge in [0.05, 0.1) is 16.2 Å². The molecule has 13 aromatic carbocycles. The molecule has 3 nitrogen and oxygen atoms in total. The minimum Gasteiger partial charge on any atom is -0.289 e. The van der Waals surface area contributed by atoms with Gasteiger partial charge < -0.3 is 0 Å². The molecule has 0 saturated carbocycles. The van der Waals surface area contributed by atoms with Crippen molar-refractivity contribution in [1.29, 1.82) is 0 Å². The molecule has 0 aromatic heterocycles. The molecule has 0 amide bonds. The van der Waals surface area contributed by atoms with Crippen molar-refractivity contribution in [2.24, 2.45) is 0 Å². The van der Waals surface area contributed by atoms with E-state index >= 15 is 14.4 Å². The van der Waals surface area contributed by atoms with Gasteiger partial charge in [-0.1, -0.05) is 273 Å². The predicted octanol–water partition coefficient (Wildman–Crippen LogP) is 18.4. The summed E-state index contributed by atoms with van der Waals surface area (Å²) in [4.78, 5) is 45.4. The van der Waals surface area contributed by atoms with Gasteiger partial charge in [-0.3, -0.25) is 14.4 Å². The van der Waals surface area contributed by atoms with Crippen LogP contribution < -0.4 is 0 Å². The third-order valence-corrected chi connectivity index (χ3v) is 20.5. The highest BCUT2D eigenvalue weighted by Gasteiger charge is 2.64. The lowest BCUT2D eigenvalue weighted by Crippen LogP contribution is -2.31. The molecule has 402 valence electrons. The number of rotatable bonds is 6. The third-order valence-electron chi connectivity index (χ3n) is 20.5. The highest BCUT2D eigenvalue weighted by atomic mass is 16.1. The summed E-state index contributed by atoms with van der Waals surface area (Å²) in [5, 5.41) is 0. The second-order valence-corrected chi connectivity index (χ2v) is 24.1. The van der Waals surface area contributed by atoms with Crippen LogP contribution >= 0.6 is 0 Å². The summed E-state index contributed by atoms with van der Waals surface area (Å²) in [6.45, 7) is 0. The van der Waals surface area contributed by atoms with Gasteiger partial charge >= 0.3 is 0 Å². The Balaban J connectivity index is 1.05. The fourth-order valence-electron chi connectivity index (χ4n) is 17.4. The van der Waals surface area contributed by atoms with Crippen molar-refractivity contribution in [2.45, 2.75) is 16.2 Å². The molecule has 0 unspecified atom stereocenters. The summed E-state index contributed by atoms with van der Waals surface area (Å²) >= 11 is 0. The number of benzene rings is 13. The van der Waals surface area contributed by atoms with Crippen molar-refractivity contribution in [3.8, 4) is 66.8 Å². The van der Waals surface area contributed by atoms with E-state index in [1.54, 1.807) is 0 Å². The lowest BCUT2D eigenvalue weighted by molar-refractivity contribution is 0.103. The molecular formula is C84H48O3. The van der Waals surface area contributed by atoms with Crippen molar-refractivity contribution in [2.75, 3.05) is 0 Å². The zero-order valence-corrected chi connectivity index (χ0v) is 46.9. The average molecular weight is 1110 g/mol. The molecule has 0 N–H and O–H groups in total. The first-order valence-electron chi connectivity index (χ1n) is 30.0. The van der Waals surface area contributed by atoms with Gasteiger partial charge in [0.15, 0.2) is 17.3 Å². The fraction of sp³-hybridized carbons (Fsp3) is 0.0357. The van der Waals surface area contributed by atoms with Crippen LogP contribution in [0.5, 0.6) is 0 Å². The van der Waals surface area contributed by atoms with Gasteiger partial charge in [-0.15, -0.1) is 0 Å². The summed E-state index contributed by atoms with van der Waals surface area (Å²) in [6, 6.07) is 102. The Hall–Kier alpha value is -11.1. The Morgan fingerprint density at radius 2 is 0.391 bits per heavy atom. The highest BCUT2D eigenvalue weighted by Crippen LogP contribution is 2.77. The molecule has 0 heterocycles. The van der Waals surface area contributed by atoms with E-state index in [9.17, 15) is 0 Å². The molecule has 6 aliphatic rings. The van der Waals surface area contributed by atoms with E-state index in [0.717, 1.165) is 117 Å². The van der Waals surface area contributed by atoms with Gasteiger partial charge in [-0.05, 0) is 152 Å². The van der Waals surface area contributed by atoms with Crippen LogP contribution in [-0.4, -0.2) is 17.3 Å². The van der Waals surface area contributed by atoms with Crippen LogP contribution in [0.25, 0.3) is 66.8 Å². The van der Waals surface area contributed by atoms with Gasteiger partial charge in [-0.2, -0.15) is 0 Å². The first-order valence-corrected chi connectivity index (χ1v) is 30.0. The van der Waals surface area contributed by atoms with Crippen LogP contribution in [0.4, 0.5) is 0 Å². The average Bonchev–Trinajstić information content (AvgIpc) is 1.46. The molecule has 3 atom stereocenters. The van der Waals surface area contributed by atoms with Crippen LogP contribution in [0.3, 0.4) is 0 Å². The van der Waals surface area contributed by atoms with Gasteiger partial charge in [0.2, 0.25) is 0 Å². The minimum atomic E-state index is -0.975. The van der Waals surface area contributed by atoms with E-state index in [4.69, 9.17) is 0 Å². The van der Waals surface area contributed by atoms with E-state index < -0.39 is 16.2 Å². The Bertz CT molecular complexity index is 4740. The molecule has 87 heavy (non-hydrogen) atoms. The summed E-state index contributed by atoms with van der Waals surface area (Å²) < 4.78 is 0. The standard InChI is InChI=1S/C84H48O3/c85-79(49-22-4-1-5-23-49)52-40-43-58-55-28-10-16-34-64(55)82(70(58)46-52)67-37-19-13-31-61(67)73-76(82)74-62-32-14-20-38-68(62)83(65-35-17-11-29-56(65)59-44-41-53(47-71(59)83)80(86)50-24-6-2-7-25-50)78(74)75-63-33-15-21-39-69(63)84(77(73)75)66-36-18-12-30-57(66)60-45-42-54(48-72(60)84)81(87)51-26-8-3-9-27-51/h1-48H/t82-,83-,84-/m0/s1. The number of fused-ring (bicyclic) bond motifs is 33. The van der Waals surface area contributed by atoms with Crippen molar-refractivity contribution in [1.82, 2.24) is 0 Å². The Kier molecular flexibility index (Phi) is 9.57. The lowest BCUT2D eigenvalue weighted by Gasteiger charge is -2.37. The monoisotopic (exact) mass is 1100 g/mol. The molecular weight excluding hydrogens is 1060 g/mol. The maximum absolute atomic E-state index is 15.1. The van der Waals surface area contributed by atoms with E-state index in [2.05, 4.69) is 182 Å². The summed E-state index contributed by atoms with van der Waals surface area (Å²) in [5.41, 5.74) is 28.0. The second kappa shape index (κ2) is 17.3. The maximum Gasteiger partial charge on any atom is 0.193 e. The number of carbonyl (C=O) groups is 3. The normalized spacial score (nSPS) is 17.9. The quantitative estimate of drug-likeness (QED) is 0.156. The molecule has 3 heteroatoms. The van der Waals surface area contributed by atoms with Crippen LogP contribution in [0.2, 0.25) is 0 Å². The van der Waals surface area contributed by atoms with Gasteiger partial charge in [-0.25, -0.2) is 0 Å². The van der Waals surface area contributed by atoms with Crippen molar-refractivity contribution in [3.63, 3.8) is 0 Å². The van der Waals surface area contributed by atoms with Crippen molar-refractivity contribution >= 4 is 17.3 Å².